The third kappa shape index (κ3) is 3.99. The Morgan fingerprint density at radius 1 is 1.11 bits per heavy atom. The normalized spacial score (nSPS) is 17.5. The summed E-state index contributed by atoms with van der Waals surface area (Å²) in [6, 6.07) is 9.17. The maximum Gasteiger partial charge on any atom is 0.0368 e. The Kier molecular flexibility index (Phi) is 4.90. The van der Waals surface area contributed by atoms with E-state index in [-0.39, 0.29) is 0 Å². The van der Waals surface area contributed by atoms with E-state index in [2.05, 4.69) is 56.9 Å². The predicted octanol–water partition coefficient (Wildman–Crippen LogP) is 4.76. The molecule has 0 aromatic heterocycles. The van der Waals surface area contributed by atoms with E-state index in [1.165, 1.54) is 43.6 Å². The van der Waals surface area contributed by atoms with Gasteiger partial charge in [-0.05, 0) is 54.7 Å². The number of hydrogen-bond acceptors (Lipinski definition) is 1. The highest BCUT2D eigenvalue weighted by Gasteiger charge is 2.21. The van der Waals surface area contributed by atoms with Crippen LogP contribution in [0.4, 0.5) is 5.69 Å². The molecule has 1 nitrogen and oxygen atoms in total. The molecule has 1 heteroatoms. The average molecular weight is 259 g/mol. The fourth-order valence-corrected chi connectivity index (χ4v) is 3.18. The molecule has 0 N–H and O–H groups in total. The van der Waals surface area contributed by atoms with Crippen molar-refractivity contribution < 1.29 is 0 Å². The van der Waals surface area contributed by atoms with Crippen LogP contribution in [0.25, 0.3) is 0 Å². The molecule has 0 unspecified atom stereocenters. The maximum atomic E-state index is 2.57. The van der Waals surface area contributed by atoms with Crippen LogP contribution in [0.3, 0.4) is 0 Å². The van der Waals surface area contributed by atoms with Gasteiger partial charge in [0.25, 0.3) is 0 Å². The standard InChI is InChI=1S/C18H29N/c1-14(2)12-16-6-5-7-18(13-16)19-10-8-17(9-11-19)15(3)4/h5-7,13-15,17H,8-12H2,1-4H3. The zero-order valence-electron chi connectivity index (χ0n) is 13.0. The summed E-state index contributed by atoms with van der Waals surface area (Å²) in [5.41, 5.74) is 2.92. The molecule has 0 bridgehead atoms. The van der Waals surface area contributed by atoms with Crippen LogP contribution in [0.15, 0.2) is 24.3 Å². The van der Waals surface area contributed by atoms with E-state index in [1.807, 2.05) is 0 Å². The second kappa shape index (κ2) is 6.45. The monoisotopic (exact) mass is 259 g/mol. The average Bonchev–Trinajstić information content (AvgIpc) is 2.38. The van der Waals surface area contributed by atoms with Crippen molar-refractivity contribution in [1.29, 1.82) is 0 Å². The first-order valence-electron chi connectivity index (χ1n) is 7.90. The van der Waals surface area contributed by atoms with Gasteiger partial charge in [-0.25, -0.2) is 0 Å². The van der Waals surface area contributed by atoms with Gasteiger partial charge in [-0.1, -0.05) is 39.8 Å². The zero-order chi connectivity index (χ0) is 13.8. The van der Waals surface area contributed by atoms with E-state index in [4.69, 9.17) is 0 Å². The van der Waals surface area contributed by atoms with Gasteiger partial charge >= 0.3 is 0 Å². The number of rotatable bonds is 4. The predicted molar refractivity (Wildman–Crippen MR) is 84.8 cm³/mol. The van der Waals surface area contributed by atoms with Crippen molar-refractivity contribution in [3.63, 3.8) is 0 Å². The van der Waals surface area contributed by atoms with E-state index >= 15 is 0 Å². The van der Waals surface area contributed by atoms with Crippen LogP contribution in [0, 0.1) is 17.8 Å². The van der Waals surface area contributed by atoms with Crippen molar-refractivity contribution in [2.75, 3.05) is 18.0 Å². The summed E-state index contributed by atoms with van der Waals surface area (Å²) in [4.78, 5) is 2.57. The van der Waals surface area contributed by atoms with Crippen molar-refractivity contribution >= 4 is 5.69 Å². The molecule has 0 amide bonds. The molecule has 1 aliphatic heterocycles. The van der Waals surface area contributed by atoms with Crippen LogP contribution in [0.2, 0.25) is 0 Å². The highest BCUT2D eigenvalue weighted by molar-refractivity contribution is 5.49. The van der Waals surface area contributed by atoms with Crippen molar-refractivity contribution in [1.82, 2.24) is 0 Å². The van der Waals surface area contributed by atoms with Gasteiger partial charge in [-0.3, -0.25) is 0 Å². The number of benzene rings is 1. The third-order valence-electron chi connectivity index (χ3n) is 4.40. The molecule has 0 saturated carbocycles. The quantitative estimate of drug-likeness (QED) is 0.753. The van der Waals surface area contributed by atoms with Gasteiger partial charge in [0.2, 0.25) is 0 Å². The smallest absolute Gasteiger partial charge is 0.0368 e. The molecule has 1 aromatic carbocycles. The summed E-state index contributed by atoms with van der Waals surface area (Å²) in [7, 11) is 0. The number of piperidine rings is 1. The fourth-order valence-electron chi connectivity index (χ4n) is 3.18. The third-order valence-corrected chi connectivity index (χ3v) is 4.40. The molecular formula is C18H29N. The second-order valence-electron chi connectivity index (χ2n) is 6.84. The summed E-state index contributed by atoms with van der Waals surface area (Å²) >= 11 is 0. The maximum absolute atomic E-state index is 2.57. The summed E-state index contributed by atoms with van der Waals surface area (Å²) in [6.07, 6.45) is 3.90. The molecule has 2 rings (SSSR count). The minimum Gasteiger partial charge on any atom is -0.372 e. The molecule has 0 spiro atoms. The first-order valence-corrected chi connectivity index (χ1v) is 7.90. The Morgan fingerprint density at radius 3 is 2.37 bits per heavy atom. The van der Waals surface area contributed by atoms with Crippen LogP contribution >= 0.6 is 0 Å². The molecule has 1 fully saturated rings. The zero-order valence-corrected chi connectivity index (χ0v) is 13.0. The minimum atomic E-state index is 0.738. The molecule has 0 radical (unpaired) electrons. The number of nitrogens with zero attached hydrogens (tertiary/aromatic N) is 1. The van der Waals surface area contributed by atoms with Gasteiger partial charge in [0.1, 0.15) is 0 Å². The van der Waals surface area contributed by atoms with Crippen molar-refractivity contribution in [3.8, 4) is 0 Å². The highest BCUT2D eigenvalue weighted by Crippen LogP contribution is 2.28. The molecular weight excluding hydrogens is 230 g/mol. The highest BCUT2D eigenvalue weighted by atomic mass is 15.1. The molecule has 1 heterocycles. The van der Waals surface area contributed by atoms with Gasteiger partial charge in [-0.2, -0.15) is 0 Å². The van der Waals surface area contributed by atoms with Crippen molar-refractivity contribution in [3.05, 3.63) is 29.8 Å². The van der Waals surface area contributed by atoms with Crippen LogP contribution in [0.1, 0.15) is 46.1 Å². The Balaban J connectivity index is 1.99. The van der Waals surface area contributed by atoms with Gasteiger partial charge in [-0.15, -0.1) is 0 Å². The van der Waals surface area contributed by atoms with E-state index in [0.29, 0.717) is 0 Å². The van der Waals surface area contributed by atoms with Crippen LogP contribution in [-0.4, -0.2) is 13.1 Å². The minimum absolute atomic E-state index is 0.738. The topological polar surface area (TPSA) is 3.24 Å². The summed E-state index contributed by atoms with van der Waals surface area (Å²) < 4.78 is 0. The molecule has 1 aliphatic rings. The summed E-state index contributed by atoms with van der Waals surface area (Å²) in [5, 5.41) is 0. The summed E-state index contributed by atoms with van der Waals surface area (Å²) in [6.45, 7) is 11.8. The number of anilines is 1. The van der Waals surface area contributed by atoms with E-state index < -0.39 is 0 Å². The van der Waals surface area contributed by atoms with Gasteiger partial charge < -0.3 is 4.90 Å². The molecule has 106 valence electrons. The molecule has 19 heavy (non-hydrogen) atoms. The Bertz CT molecular complexity index is 386. The van der Waals surface area contributed by atoms with E-state index in [0.717, 1.165) is 17.8 Å². The Labute approximate surface area is 119 Å². The lowest BCUT2D eigenvalue weighted by Crippen LogP contribution is -2.35. The SMILES string of the molecule is CC(C)Cc1cccc(N2CCC(C(C)C)CC2)c1. The van der Waals surface area contributed by atoms with Gasteiger partial charge in [0.05, 0.1) is 0 Å². The fraction of sp³-hybridized carbons (Fsp3) is 0.667. The lowest BCUT2D eigenvalue weighted by atomic mass is 9.86. The van der Waals surface area contributed by atoms with Gasteiger partial charge in [0, 0.05) is 18.8 Å². The molecule has 1 saturated heterocycles. The molecule has 1 aromatic rings. The van der Waals surface area contributed by atoms with Crippen molar-refractivity contribution in [2.45, 2.75) is 47.0 Å². The lowest BCUT2D eigenvalue weighted by molar-refractivity contribution is 0.311. The van der Waals surface area contributed by atoms with E-state index in [9.17, 15) is 0 Å². The molecule has 0 aliphatic carbocycles. The lowest BCUT2D eigenvalue weighted by Gasteiger charge is -2.35. The first-order chi connectivity index (χ1) is 9.06. The Morgan fingerprint density at radius 2 is 1.79 bits per heavy atom. The van der Waals surface area contributed by atoms with E-state index in [1.54, 1.807) is 0 Å². The second-order valence-corrected chi connectivity index (χ2v) is 6.84. The largest absolute Gasteiger partial charge is 0.372 e. The van der Waals surface area contributed by atoms with Crippen LogP contribution in [-0.2, 0) is 6.42 Å². The van der Waals surface area contributed by atoms with Gasteiger partial charge in [0.15, 0.2) is 0 Å². The summed E-state index contributed by atoms with van der Waals surface area (Å²) in [5.74, 6) is 2.51. The first kappa shape index (κ1) is 14.4. The Hall–Kier alpha value is -0.980. The van der Waals surface area contributed by atoms with Crippen LogP contribution in [0.5, 0.6) is 0 Å². The number of hydrogen-bond donors (Lipinski definition) is 0. The van der Waals surface area contributed by atoms with Crippen molar-refractivity contribution in [2.24, 2.45) is 17.8 Å². The van der Waals surface area contributed by atoms with Crippen LogP contribution < -0.4 is 4.90 Å². The molecule has 0 atom stereocenters.